The Morgan fingerprint density at radius 3 is 2.38 bits per heavy atom. The molecule has 0 aromatic heterocycles. The van der Waals surface area contributed by atoms with Gasteiger partial charge in [-0.15, -0.1) is 24.0 Å². The van der Waals surface area contributed by atoms with Crippen molar-refractivity contribution in [1.82, 2.24) is 15.1 Å². The molecule has 0 saturated carbocycles. The Balaban J connectivity index is 0.00000288. The standard InChI is InChI=1S/C18H34N4O.HI/c1-4-15(5-2)16-9-12-22(14-16)18(19-3)20-13-17(23)21-10-7-6-8-11-21;/h15-16H,4-14H2,1-3H3,(H,19,20);1H. The zero-order valence-electron chi connectivity index (χ0n) is 15.6. The summed E-state index contributed by atoms with van der Waals surface area (Å²) < 4.78 is 0. The Morgan fingerprint density at radius 2 is 1.79 bits per heavy atom. The van der Waals surface area contributed by atoms with Crippen LogP contribution in [-0.2, 0) is 4.79 Å². The van der Waals surface area contributed by atoms with Crippen molar-refractivity contribution in [3.05, 3.63) is 0 Å². The average Bonchev–Trinajstić information content (AvgIpc) is 3.07. The smallest absolute Gasteiger partial charge is 0.241 e. The monoisotopic (exact) mass is 450 g/mol. The van der Waals surface area contributed by atoms with Crippen LogP contribution in [0.5, 0.6) is 0 Å². The molecule has 24 heavy (non-hydrogen) atoms. The van der Waals surface area contributed by atoms with Crippen molar-refractivity contribution in [2.75, 3.05) is 39.8 Å². The van der Waals surface area contributed by atoms with Gasteiger partial charge in [-0.3, -0.25) is 9.79 Å². The number of hydrogen-bond acceptors (Lipinski definition) is 2. The quantitative estimate of drug-likeness (QED) is 0.398. The molecule has 1 amide bonds. The highest BCUT2D eigenvalue weighted by molar-refractivity contribution is 14.0. The van der Waals surface area contributed by atoms with E-state index < -0.39 is 0 Å². The number of halogens is 1. The van der Waals surface area contributed by atoms with Gasteiger partial charge in [-0.1, -0.05) is 26.7 Å². The number of carbonyl (C=O) groups is 1. The molecule has 1 N–H and O–H groups in total. The lowest BCUT2D eigenvalue weighted by molar-refractivity contribution is -0.130. The number of guanidine groups is 1. The summed E-state index contributed by atoms with van der Waals surface area (Å²) in [5, 5.41) is 3.29. The lowest BCUT2D eigenvalue weighted by Gasteiger charge is -2.28. The lowest BCUT2D eigenvalue weighted by Crippen LogP contribution is -2.47. The molecule has 0 radical (unpaired) electrons. The van der Waals surface area contributed by atoms with Crippen molar-refractivity contribution in [2.45, 2.75) is 52.4 Å². The fourth-order valence-electron chi connectivity index (χ4n) is 4.06. The van der Waals surface area contributed by atoms with Crippen LogP contribution in [0, 0.1) is 11.8 Å². The van der Waals surface area contributed by atoms with Crippen LogP contribution < -0.4 is 5.32 Å². The first-order valence-electron chi connectivity index (χ1n) is 9.42. The highest BCUT2D eigenvalue weighted by atomic mass is 127. The molecular weight excluding hydrogens is 415 g/mol. The van der Waals surface area contributed by atoms with Crippen LogP contribution in [-0.4, -0.2) is 61.4 Å². The number of carbonyl (C=O) groups excluding carboxylic acids is 1. The third-order valence-corrected chi connectivity index (χ3v) is 5.56. The third kappa shape index (κ3) is 5.77. The van der Waals surface area contributed by atoms with Crippen LogP contribution in [0.25, 0.3) is 0 Å². The third-order valence-electron chi connectivity index (χ3n) is 5.56. The maximum Gasteiger partial charge on any atom is 0.241 e. The molecular formula is C18H35IN4O. The lowest BCUT2D eigenvalue weighted by atomic mass is 9.87. The summed E-state index contributed by atoms with van der Waals surface area (Å²) in [5.41, 5.74) is 0. The number of aliphatic imine (C=N–C) groups is 1. The Morgan fingerprint density at radius 1 is 1.12 bits per heavy atom. The van der Waals surface area contributed by atoms with Gasteiger partial charge in [0, 0.05) is 33.2 Å². The van der Waals surface area contributed by atoms with Crippen molar-refractivity contribution in [3.8, 4) is 0 Å². The maximum atomic E-state index is 12.3. The van der Waals surface area contributed by atoms with E-state index in [2.05, 4.69) is 29.1 Å². The van der Waals surface area contributed by atoms with E-state index in [0.717, 1.165) is 56.8 Å². The number of rotatable bonds is 5. The molecule has 0 spiro atoms. The Bertz CT molecular complexity index is 406. The second-order valence-corrected chi connectivity index (χ2v) is 6.91. The molecule has 5 nitrogen and oxygen atoms in total. The first-order chi connectivity index (χ1) is 11.2. The van der Waals surface area contributed by atoms with Gasteiger partial charge in [0.2, 0.25) is 5.91 Å². The molecule has 2 rings (SSSR count). The number of hydrogen-bond donors (Lipinski definition) is 1. The molecule has 2 aliphatic heterocycles. The average molecular weight is 450 g/mol. The van der Waals surface area contributed by atoms with Gasteiger partial charge in [-0.25, -0.2) is 0 Å². The van der Waals surface area contributed by atoms with E-state index >= 15 is 0 Å². The van der Waals surface area contributed by atoms with Crippen LogP contribution in [0.15, 0.2) is 4.99 Å². The van der Waals surface area contributed by atoms with Crippen molar-refractivity contribution in [1.29, 1.82) is 0 Å². The minimum absolute atomic E-state index is 0. The molecule has 2 saturated heterocycles. The van der Waals surface area contributed by atoms with E-state index in [4.69, 9.17) is 0 Å². The van der Waals surface area contributed by atoms with Gasteiger partial charge in [0.25, 0.3) is 0 Å². The van der Waals surface area contributed by atoms with Gasteiger partial charge >= 0.3 is 0 Å². The zero-order valence-corrected chi connectivity index (χ0v) is 17.9. The van der Waals surface area contributed by atoms with Crippen LogP contribution in [0.1, 0.15) is 52.4 Å². The fraction of sp³-hybridized carbons (Fsp3) is 0.889. The van der Waals surface area contributed by atoms with Gasteiger partial charge in [0.1, 0.15) is 0 Å². The van der Waals surface area contributed by atoms with Gasteiger partial charge < -0.3 is 15.1 Å². The predicted molar refractivity (Wildman–Crippen MR) is 111 cm³/mol. The number of amides is 1. The molecule has 0 aromatic rings. The minimum Gasteiger partial charge on any atom is -0.347 e. The predicted octanol–water partition coefficient (Wildman–Crippen LogP) is 2.95. The molecule has 1 atom stereocenters. The number of nitrogens with one attached hydrogen (secondary N) is 1. The van der Waals surface area contributed by atoms with E-state index in [1.165, 1.54) is 25.7 Å². The molecule has 0 aromatic carbocycles. The van der Waals surface area contributed by atoms with Gasteiger partial charge in [-0.2, -0.15) is 0 Å². The van der Waals surface area contributed by atoms with Crippen molar-refractivity contribution in [3.63, 3.8) is 0 Å². The van der Waals surface area contributed by atoms with Crippen molar-refractivity contribution < 1.29 is 4.79 Å². The fourth-order valence-corrected chi connectivity index (χ4v) is 4.06. The van der Waals surface area contributed by atoms with Crippen LogP contribution in [0.3, 0.4) is 0 Å². The second kappa shape index (κ2) is 11.2. The molecule has 2 heterocycles. The summed E-state index contributed by atoms with van der Waals surface area (Å²) in [5.74, 6) is 2.68. The maximum absolute atomic E-state index is 12.3. The second-order valence-electron chi connectivity index (χ2n) is 6.91. The van der Waals surface area contributed by atoms with Crippen LogP contribution in [0.4, 0.5) is 0 Å². The van der Waals surface area contributed by atoms with Gasteiger partial charge in [0.15, 0.2) is 5.96 Å². The van der Waals surface area contributed by atoms with Crippen molar-refractivity contribution in [2.24, 2.45) is 16.8 Å². The van der Waals surface area contributed by atoms with E-state index in [-0.39, 0.29) is 29.9 Å². The van der Waals surface area contributed by atoms with E-state index in [0.29, 0.717) is 6.54 Å². The summed E-state index contributed by atoms with van der Waals surface area (Å²) in [6.45, 7) is 8.92. The summed E-state index contributed by atoms with van der Waals surface area (Å²) in [4.78, 5) is 21.0. The van der Waals surface area contributed by atoms with E-state index in [1.807, 2.05) is 11.9 Å². The molecule has 0 bridgehead atoms. The summed E-state index contributed by atoms with van der Waals surface area (Å²) in [7, 11) is 1.82. The minimum atomic E-state index is 0. The number of nitrogens with zero attached hydrogens (tertiary/aromatic N) is 3. The SMILES string of the molecule is CCC(CC)C1CCN(C(=NC)NCC(=O)N2CCCCC2)C1.I. The van der Waals surface area contributed by atoms with Gasteiger partial charge in [-0.05, 0) is 37.5 Å². The first kappa shape index (κ1) is 21.5. The Hall–Kier alpha value is -0.530. The Labute approximate surface area is 164 Å². The summed E-state index contributed by atoms with van der Waals surface area (Å²) in [6, 6.07) is 0. The largest absolute Gasteiger partial charge is 0.347 e. The molecule has 0 aliphatic carbocycles. The molecule has 6 heteroatoms. The normalized spacial score (nSPS) is 21.8. The molecule has 2 fully saturated rings. The van der Waals surface area contributed by atoms with E-state index in [1.54, 1.807) is 0 Å². The molecule has 140 valence electrons. The first-order valence-corrected chi connectivity index (χ1v) is 9.42. The Kier molecular flexibility index (Phi) is 10.0. The summed E-state index contributed by atoms with van der Waals surface area (Å²) >= 11 is 0. The highest BCUT2D eigenvalue weighted by Gasteiger charge is 2.29. The van der Waals surface area contributed by atoms with E-state index in [9.17, 15) is 4.79 Å². The van der Waals surface area contributed by atoms with Crippen molar-refractivity contribution >= 4 is 35.8 Å². The number of piperidine rings is 1. The van der Waals surface area contributed by atoms with Gasteiger partial charge in [0.05, 0.1) is 6.54 Å². The highest BCUT2D eigenvalue weighted by Crippen LogP contribution is 2.28. The van der Waals surface area contributed by atoms with Crippen LogP contribution >= 0.6 is 24.0 Å². The molecule has 2 aliphatic rings. The van der Waals surface area contributed by atoms with Crippen LogP contribution in [0.2, 0.25) is 0 Å². The molecule has 1 unspecified atom stereocenters. The number of likely N-dealkylation sites (tertiary alicyclic amines) is 2. The zero-order chi connectivity index (χ0) is 16.7. The topological polar surface area (TPSA) is 47.9 Å². The summed E-state index contributed by atoms with van der Waals surface area (Å²) in [6.07, 6.45) is 7.30.